The fourth-order valence-corrected chi connectivity index (χ4v) is 5.24. The van der Waals surface area contributed by atoms with E-state index in [1.54, 1.807) is 7.05 Å². The van der Waals surface area contributed by atoms with Crippen LogP contribution in [0.5, 0.6) is 0 Å². The van der Waals surface area contributed by atoms with Gasteiger partial charge in [0.2, 0.25) is 0 Å². The average molecular weight is 361 g/mol. The summed E-state index contributed by atoms with van der Waals surface area (Å²) in [6, 6.07) is 8.39. The third kappa shape index (κ3) is 3.47. The van der Waals surface area contributed by atoms with Gasteiger partial charge < -0.3 is 19.5 Å². The minimum Gasteiger partial charge on any atom is -0.465 e. The Hall–Kier alpha value is -1.59. The van der Waals surface area contributed by atoms with Crippen LogP contribution in [0.25, 0.3) is 0 Å². The fourth-order valence-electron chi connectivity index (χ4n) is 5.24. The summed E-state index contributed by atoms with van der Waals surface area (Å²) in [5.41, 5.74) is 2.22. The molecule has 1 heterocycles. The lowest BCUT2D eigenvalue weighted by molar-refractivity contribution is -0.0569. The van der Waals surface area contributed by atoms with Crippen LogP contribution >= 0.6 is 0 Å². The Kier molecular flexibility index (Phi) is 5.31. The van der Waals surface area contributed by atoms with Crippen molar-refractivity contribution in [3.05, 3.63) is 35.4 Å². The molecular weight excluding hydrogens is 330 g/mol. The van der Waals surface area contributed by atoms with Gasteiger partial charge in [-0.15, -0.1) is 0 Å². The largest absolute Gasteiger partial charge is 0.465 e. The fraction of sp³-hybridized carbons (Fsp3) is 0.667. The molecule has 3 rings (SSSR count). The molecule has 0 bridgehead atoms. The number of ether oxygens (including phenoxy) is 2. The number of hydrogen-bond acceptors (Lipinski definition) is 3. The van der Waals surface area contributed by atoms with Crippen molar-refractivity contribution in [1.82, 2.24) is 4.90 Å². The molecule has 1 saturated heterocycles. The molecule has 26 heavy (non-hydrogen) atoms. The number of benzene rings is 1. The van der Waals surface area contributed by atoms with Gasteiger partial charge in [-0.1, -0.05) is 45.0 Å². The molecule has 2 aliphatic rings. The van der Waals surface area contributed by atoms with E-state index in [4.69, 9.17) is 9.47 Å². The zero-order valence-corrected chi connectivity index (χ0v) is 16.3. The molecule has 2 unspecified atom stereocenters. The molecule has 0 saturated carbocycles. The van der Waals surface area contributed by atoms with E-state index in [9.17, 15) is 9.90 Å². The first kappa shape index (κ1) is 19.2. The molecule has 1 aliphatic carbocycles. The van der Waals surface area contributed by atoms with Gasteiger partial charge in [0, 0.05) is 18.5 Å². The number of aryl methyl sites for hydroxylation is 1. The zero-order valence-electron chi connectivity index (χ0n) is 16.3. The second-order valence-corrected chi connectivity index (χ2v) is 8.69. The van der Waals surface area contributed by atoms with Crippen molar-refractivity contribution >= 4 is 6.09 Å². The van der Waals surface area contributed by atoms with Crippen LogP contribution in [-0.4, -0.2) is 48.7 Å². The van der Waals surface area contributed by atoms with Crippen molar-refractivity contribution < 1.29 is 19.4 Å². The van der Waals surface area contributed by atoms with Crippen LogP contribution in [0.15, 0.2) is 24.3 Å². The van der Waals surface area contributed by atoms with E-state index in [1.165, 1.54) is 16.0 Å². The number of likely N-dealkylation sites (N-methyl/N-ethyl adjacent to an activating group) is 1. The van der Waals surface area contributed by atoms with Crippen molar-refractivity contribution in [2.45, 2.75) is 64.2 Å². The number of fused-ring (bicyclic) bond motifs is 1. The van der Waals surface area contributed by atoms with Gasteiger partial charge in [-0.3, -0.25) is 0 Å². The molecule has 1 aromatic rings. The molecule has 0 spiro atoms. The predicted octanol–water partition coefficient (Wildman–Crippen LogP) is 4.05. The second-order valence-electron chi connectivity index (χ2n) is 8.69. The summed E-state index contributed by atoms with van der Waals surface area (Å²) in [6.45, 7) is 7.71. The van der Waals surface area contributed by atoms with Crippen molar-refractivity contribution in [2.24, 2.45) is 5.41 Å². The summed E-state index contributed by atoms with van der Waals surface area (Å²) < 4.78 is 11.3. The Bertz CT molecular complexity index is 648. The Morgan fingerprint density at radius 2 is 1.96 bits per heavy atom. The smallest absolute Gasteiger partial charge is 0.407 e. The quantitative estimate of drug-likeness (QED) is 0.860. The topological polar surface area (TPSA) is 59.0 Å². The normalized spacial score (nSPS) is 24.5. The van der Waals surface area contributed by atoms with E-state index in [2.05, 4.69) is 45.0 Å². The minimum absolute atomic E-state index is 0.127. The summed E-state index contributed by atoms with van der Waals surface area (Å²) in [5, 5.41) is 9.79. The highest BCUT2D eigenvalue weighted by molar-refractivity contribution is 5.66. The first-order chi connectivity index (χ1) is 12.3. The van der Waals surface area contributed by atoms with Gasteiger partial charge >= 0.3 is 6.09 Å². The molecule has 5 heteroatoms. The maximum atomic E-state index is 11.9. The second kappa shape index (κ2) is 7.20. The van der Waals surface area contributed by atoms with Crippen LogP contribution < -0.4 is 0 Å². The maximum Gasteiger partial charge on any atom is 0.407 e. The molecule has 1 N–H and O–H groups in total. The highest BCUT2D eigenvalue weighted by Crippen LogP contribution is 2.51. The highest BCUT2D eigenvalue weighted by atomic mass is 16.7. The van der Waals surface area contributed by atoms with Gasteiger partial charge in [0.1, 0.15) is 0 Å². The zero-order chi connectivity index (χ0) is 18.9. The summed E-state index contributed by atoms with van der Waals surface area (Å²) in [6.07, 6.45) is 2.54. The highest BCUT2D eigenvalue weighted by Gasteiger charge is 2.52. The summed E-state index contributed by atoms with van der Waals surface area (Å²) >= 11 is 0. The van der Waals surface area contributed by atoms with Crippen molar-refractivity contribution in [3.63, 3.8) is 0 Å². The molecule has 1 amide bonds. The standard InChI is InChI=1S/C21H31NO4/c1-20(2,3)18(22(4)19(23)24)21(12-10-17-25-13-14-26-17)11-9-15-7-5-6-8-16(15)21/h5-8,17-18H,9-14H2,1-4H3,(H,23,24). The number of rotatable bonds is 5. The van der Waals surface area contributed by atoms with E-state index in [-0.39, 0.29) is 23.2 Å². The van der Waals surface area contributed by atoms with Gasteiger partial charge in [-0.25, -0.2) is 4.79 Å². The molecule has 5 nitrogen and oxygen atoms in total. The van der Waals surface area contributed by atoms with Gasteiger partial charge in [-0.05, 0) is 42.2 Å². The van der Waals surface area contributed by atoms with Crippen LogP contribution in [0.4, 0.5) is 4.79 Å². The Labute approximate surface area is 156 Å². The lowest BCUT2D eigenvalue weighted by Gasteiger charge is -2.49. The third-order valence-corrected chi connectivity index (χ3v) is 5.94. The Morgan fingerprint density at radius 3 is 2.58 bits per heavy atom. The van der Waals surface area contributed by atoms with Crippen LogP contribution in [-0.2, 0) is 21.3 Å². The summed E-state index contributed by atoms with van der Waals surface area (Å²) in [7, 11) is 1.71. The van der Waals surface area contributed by atoms with Gasteiger partial charge in [0.15, 0.2) is 6.29 Å². The van der Waals surface area contributed by atoms with Gasteiger partial charge in [0.25, 0.3) is 0 Å². The van der Waals surface area contributed by atoms with Crippen molar-refractivity contribution in [1.29, 1.82) is 0 Å². The predicted molar refractivity (Wildman–Crippen MR) is 100 cm³/mol. The van der Waals surface area contributed by atoms with Crippen LogP contribution in [0.1, 0.15) is 51.2 Å². The SMILES string of the molecule is CN(C(=O)O)C(C(C)(C)C)C1(CCC2OCCO2)CCc2ccccc21. The summed E-state index contributed by atoms with van der Waals surface area (Å²) in [4.78, 5) is 13.5. The molecule has 144 valence electrons. The van der Waals surface area contributed by atoms with Crippen molar-refractivity contribution in [2.75, 3.05) is 20.3 Å². The molecule has 1 aliphatic heterocycles. The number of amides is 1. The van der Waals surface area contributed by atoms with Crippen molar-refractivity contribution in [3.8, 4) is 0 Å². The van der Waals surface area contributed by atoms with E-state index < -0.39 is 6.09 Å². The number of carboxylic acid groups (broad SMARTS) is 1. The minimum atomic E-state index is -0.873. The molecule has 0 aromatic heterocycles. The van der Waals surface area contributed by atoms with Crippen LogP contribution in [0.3, 0.4) is 0 Å². The number of carbonyl (C=O) groups is 1. The molecule has 2 atom stereocenters. The average Bonchev–Trinajstić information content (AvgIpc) is 3.21. The van der Waals surface area contributed by atoms with Crippen LogP contribution in [0.2, 0.25) is 0 Å². The van der Waals surface area contributed by atoms with E-state index >= 15 is 0 Å². The third-order valence-electron chi connectivity index (χ3n) is 5.94. The first-order valence-corrected chi connectivity index (χ1v) is 9.53. The molecular formula is C21H31NO4. The monoisotopic (exact) mass is 361 g/mol. The number of hydrogen-bond donors (Lipinski definition) is 1. The van der Waals surface area contributed by atoms with Gasteiger partial charge in [0.05, 0.1) is 13.2 Å². The van der Waals surface area contributed by atoms with Crippen LogP contribution in [0, 0.1) is 5.41 Å². The summed E-state index contributed by atoms with van der Waals surface area (Å²) in [5.74, 6) is 0. The Morgan fingerprint density at radius 1 is 1.31 bits per heavy atom. The van der Waals surface area contributed by atoms with Gasteiger partial charge in [-0.2, -0.15) is 0 Å². The molecule has 0 radical (unpaired) electrons. The van der Waals surface area contributed by atoms with E-state index in [0.717, 1.165) is 25.7 Å². The Balaban J connectivity index is 2.03. The maximum absolute atomic E-state index is 11.9. The number of nitrogens with zero attached hydrogens (tertiary/aromatic N) is 1. The van der Waals surface area contributed by atoms with E-state index in [1.807, 2.05) is 0 Å². The lowest BCUT2D eigenvalue weighted by atomic mass is 9.63. The molecule has 1 aromatic carbocycles. The van der Waals surface area contributed by atoms with E-state index in [0.29, 0.717) is 13.2 Å². The first-order valence-electron chi connectivity index (χ1n) is 9.53. The lowest BCUT2D eigenvalue weighted by Crippen LogP contribution is -2.56. The molecule has 1 fully saturated rings.